The molecule has 0 aliphatic heterocycles. The molecule has 0 aromatic rings. The Kier molecular flexibility index (Phi) is 4.73. The summed E-state index contributed by atoms with van der Waals surface area (Å²) < 4.78 is 0. The molecule has 4 heteroatoms. The molecule has 0 bridgehead atoms. The van der Waals surface area contributed by atoms with Crippen molar-refractivity contribution in [1.29, 1.82) is 0 Å². The molecule has 0 radical (unpaired) electrons. The summed E-state index contributed by atoms with van der Waals surface area (Å²) in [5.41, 5.74) is 2.57. The van der Waals surface area contributed by atoms with E-state index in [1.54, 1.807) is 7.05 Å². The minimum atomic E-state index is 0.537. The van der Waals surface area contributed by atoms with Crippen molar-refractivity contribution < 1.29 is 0 Å². The molecule has 0 heterocycles. The van der Waals surface area contributed by atoms with E-state index >= 15 is 0 Å². The number of nitrogens with two attached hydrogens (primary N) is 1. The number of hydrogen-bond donors (Lipinski definition) is 3. The standard InChI is InChI=1S/C10H22N4/c1-8-4-3-5-9(7-6-8)13-10(12-2)14-11/h8-9H,3-7,11H2,1-2H3,(H2,12,13,14). The molecule has 1 aliphatic rings. The Hall–Kier alpha value is -0.770. The molecule has 1 fully saturated rings. The van der Waals surface area contributed by atoms with Crippen LogP contribution in [0.4, 0.5) is 0 Å². The zero-order valence-electron chi connectivity index (χ0n) is 9.21. The van der Waals surface area contributed by atoms with Crippen LogP contribution in [-0.4, -0.2) is 19.0 Å². The molecule has 0 aromatic carbocycles. The predicted molar refractivity (Wildman–Crippen MR) is 59.9 cm³/mol. The topological polar surface area (TPSA) is 62.4 Å². The van der Waals surface area contributed by atoms with Crippen molar-refractivity contribution in [3.8, 4) is 0 Å². The molecule has 4 nitrogen and oxygen atoms in total. The summed E-state index contributed by atoms with van der Waals surface area (Å²) in [5, 5.41) is 3.33. The van der Waals surface area contributed by atoms with Crippen molar-refractivity contribution in [3.63, 3.8) is 0 Å². The lowest BCUT2D eigenvalue weighted by atomic mass is 10.0. The van der Waals surface area contributed by atoms with Gasteiger partial charge in [0.05, 0.1) is 0 Å². The van der Waals surface area contributed by atoms with Gasteiger partial charge in [-0.3, -0.25) is 10.4 Å². The first-order valence-electron chi connectivity index (χ1n) is 5.46. The fraction of sp³-hybridized carbons (Fsp3) is 0.900. The maximum atomic E-state index is 5.32. The molecule has 0 amide bonds. The highest BCUT2D eigenvalue weighted by atomic mass is 15.3. The highest BCUT2D eigenvalue weighted by molar-refractivity contribution is 5.79. The van der Waals surface area contributed by atoms with E-state index in [2.05, 4.69) is 22.7 Å². The van der Waals surface area contributed by atoms with E-state index < -0.39 is 0 Å². The summed E-state index contributed by atoms with van der Waals surface area (Å²) >= 11 is 0. The quantitative estimate of drug-likeness (QED) is 0.194. The lowest BCUT2D eigenvalue weighted by Crippen LogP contribution is -2.46. The Labute approximate surface area is 86.3 Å². The fourth-order valence-corrected chi connectivity index (χ4v) is 2.00. The first kappa shape index (κ1) is 11.3. The average Bonchev–Trinajstić information content (AvgIpc) is 2.40. The lowest BCUT2D eigenvalue weighted by Gasteiger charge is -2.18. The molecule has 82 valence electrons. The van der Waals surface area contributed by atoms with E-state index in [-0.39, 0.29) is 0 Å². The Morgan fingerprint density at radius 1 is 1.29 bits per heavy atom. The summed E-state index contributed by atoms with van der Waals surface area (Å²) in [6, 6.07) is 0.537. The van der Waals surface area contributed by atoms with Crippen molar-refractivity contribution in [1.82, 2.24) is 10.7 Å². The molecule has 0 spiro atoms. The van der Waals surface area contributed by atoms with Crippen LogP contribution in [0.15, 0.2) is 4.99 Å². The average molecular weight is 198 g/mol. The molecule has 2 atom stereocenters. The summed E-state index contributed by atoms with van der Waals surface area (Å²) in [7, 11) is 1.74. The van der Waals surface area contributed by atoms with Crippen LogP contribution in [0.5, 0.6) is 0 Å². The van der Waals surface area contributed by atoms with Gasteiger partial charge >= 0.3 is 0 Å². The molecule has 1 rings (SSSR count). The monoisotopic (exact) mass is 198 g/mol. The zero-order valence-corrected chi connectivity index (χ0v) is 9.21. The van der Waals surface area contributed by atoms with Crippen molar-refractivity contribution in [2.24, 2.45) is 16.8 Å². The summed E-state index contributed by atoms with van der Waals surface area (Å²) in [4.78, 5) is 4.02. The molecule has 2 unspecified atom stereocenters. The molecule has 4 N–H and O–H groups in total. The maximum Gasteiger partial charge on any atom is 0.205 e. The third kappa shape index (κ3) is 3.54. The first-order chi connectivity index (χ1) is 6.76. The number of hydrogen-bond acceptors (Lipinski definition) is 2. The van der Waals surface area contributed by atoms with Gasteiger partial charge in [0.25, 0.3) is 0 Å². The van der Waals surface area contributed by atoms with Gasteiger partial charge in [0.1, 0.15) is 0 Å². The normalized spacial score (nSPS) is 29.5. The van der Waals surface area contributed by atoms with E-state index in [1.165, 1.54) is 32.1 Å². The van der Waals surface area contributed by atoms with Gasteiger partial charge < -0.3 is 5.32 Å². The minimum absolute atomic E-state index is 0.537. The Morgan fingerprint density at radius 3 is 2.71 bits per heavy atom. The fourth-order valence-electron chi connectivity index (χ4n) is 2.00. The second kappa shape index (κ2) is 5.86. The zero-order chi connectivity index (χ0) is 10.4. The molecule has 1 saturated carbocycles. The second-order valence-corrected chi connectivity index (χ2v) is 4.17. The minimum Gasteiger partial charge on any atom is -0.353 e. The largest absolute Gasteiger partial charge is 0.353 e. The summed E-state index contributed by atoms with van der Waals surface area (Å²) in [6.07, 6.45) is 6.42. The van der Waals surface area contributed by atoms with Gasteiger partial charge in [-0.25, -0.2) is 5.84 Å². The van der Waals surface area contributed by atoms with Gasteiger partial charge in [-0.15, -0.1) is 0 Å². The maximum absolute atomic E-state index is 5.32. The summed E-state index contributed by atoms with van der Waals surface area (Å²) in [6.45, 7) is 2.33. The van der Waals surface area contributed by atoms with Crippen LogP contribution in [0.1, 0.15) is 39.0 Å². The number of nitrogens with zero attached hydrogens (tertiary/aromatic N) is 1. The SMILES string of the molecule is CN=C(NN)NC1CCCC(C)CC1. The van der Waals surface area contributed by atoms with Crippen molar-refractivity contribution in [2.75, 3.05) is 7.05 Å². The predicted octanol–water partition coefficient (Wildman–Crippen LogP) is 0.994. The number of guanidine groups is 1. The van der Waals surface area contributed by atoms with Crippen molar-refractivity contribution >= 4 is 5.96 Å². The van der Waals surface area contributed by atoms with E-state index in [0.717, 1.165) is 5.92 Å². The van der Waals surface area contributed by atoms with Crippen LogP contribution in [0.2, 0.25) is 0 Å². The third-order valence-corrected chi connectivity index (χ3v) is 2.96. The van der Waals surface area contributed by atoms with E-state index in [4.69, 9.17) is 5.84 Å². The lowest BCUT2D eigenvalue weighted by molar-refractivity contribution is 0.487. The smallest absolute Gasteiger partial charge is 0.205 e. The van der Waals surface area contributed by atoms with Gasteiger partial charge in [-0.05, 0) is 25.2 Å². The Bertz CT molecular complexity index is 191. The van der Waals surface area contributed by atoms with Crippen LogP contribution < -0.4 is 16.6 Å². The number of hydrazine groups is 1. The van der Waals surface area contributed by atoms with Crippen molar-refractivity contribution in [3.05, 3.63) is 0 Å². The molecule has 0 saturated heterocycles. The molecule has 0 aromatic heterocycles. The molecular formula is C10H22N4. The Morgan fingerprint density at radius 2 is 2.07 bits per heavy atom. The molecule has 14 heavy (non-hydrogen) atoms. The highest BCUT2D eigenvalue weighted by Gasteiger charge is 2.16. The van der Waals surface area contributed by atoms with Crippen LogP contribution in [0.3, 0.4) is 0 Å². The van der Waals surface area contributed by atoms with E-state index in [1.807, 2.05) is 0 Å². The summed E-state index contributed by atoms with van der Waals surface area (Å²) in [5.74, 6) is 6.89. The first-order valence-corrected chi connectivity index (χ1v) is 5.46. The van der Waals surface area contributed by atoms with E-state index in [0.29, 0.717) is 12.0 Å². The van der Waals surface area contributed by atoms with Crippen LogP contribution in [0, 0.1) is 5.92 Å². The van der Waals surface area contributed by atoms with Crippen LogP contribution in [0.25, 0.3) is 0 Å². The number of aliphatic imine (C=N–C) groups is 1. The van der Waals surface area contributed by atoms with Gasteiger partial charge in [0.2, 0.25) is 5.96 Å². The van der Waals surface area contributed by atoms with Crippen molar-refractivity contribution in [2.45, 2.75) is 45.1 Å². The van der Waals surface area contributed by atoms with Gasteiger partial charge in [0.15, 0.2) is 0 Å². The van der Waals surface area contributed by atoms with Crippen LogP contribution >= 0.6 is 0 Å². The van der Waals surface area contributed by atoms with E-state index in [9.17, 15) is 0 Å². The van der Waals surface area contributed by atoms with Gasteiger partial charge in [-0.2, -0.15) is 0 Å². The third-order valence-electron chi connectivity index (χ3n) is 2.96. The second-order valence-electron chi connectivity index (χ2n) is 4.17. The Balaban J connectivity index is 2.37. The van der Waals surface area contributed by atoms with Gasteiger partial charge in [0, 0.05) is 13.1 Å². The van der Waals surface area contributed by atoms with Gasteiger partial charge in [-0.1, -0.05) is 19.8 Å². The highest BCUT2D eigenvalue weighted by Crippen LogP contribution is 2.22. The molecular weight excluding hydrogens is 176 g/mol. The number of rotatable bonds is 1. The van der Waals surface area contributed by atoms with Crippen LogP contribution in [-0.2, 0) is 0 Å². The molecule has 1 aliphatic carbocycles. The number of nitrogens with one attached hydrogen (secondary N) is 2.